The highest BCUT2D eigenvalue weighted by Crippen LogP contribution is 2.23. The van der Waals surface area contributed by atoms with Crippen LogP contribution in [-0.4, -0.2) is 54.0 Å². The van der Waals surface area contributed by atoms with E-state index in [4.69, 9.17) is 14.2 Å². The summed E-state index contributed by atoms with van der Waals surface area (Å²) in [6.45, 7) is 2.33. The summed E-state index contributed by atoms with van der Waals surface area (Å²) in [6, 6.07) is 5.81. The Kier molecular flexibility index (Phi) is 12.5. The molecule has 132 valence electrons. The summed E-state index contributed by atoms with van der Waals surface area (Å²) < 4.78 is 15.7. The highest BCUT2D eigenvalue weighted by atomic mass is 127. The Morgan fingerprint density at radius 2 is 1.83 bits per heavy atom. The number of methoxy groups -OCH3 is 3. The quantitative estimate of drug-likeness (QED) is 0.268. The van der Waals surface area contributed by atoms with Gasteiger partial charge in [0.2, 0.25) is 0 Å². The van der Waals surface area contributed by atoms with E-state index in [1.807, 2.05) is 18.2 Å². The van der Waals surface area contributed by atoms with Gasteiger partial charge in [0.25, 0.3) is 0 Å². The van der Waals surface area contributed by atoms with Crippen molar-refractivity contribution in [3.63, 3.8) is 0 Å². The highest BCUT2D eigenvalue weighted by Gasteiger charge is 2.05. The van der Waals surface area contributed by atoms with Crippen molar-refractivity contribution < 1.29 is 14.2 Å². The van der Waals surface area contributed by atoms with Crippen molar-refractivity contribution in [1.29, 1.82) is 0 Å². The molecule has 0 aromatic heterocycles. The van der Waals surface area contributed by atoms with Crippen molar-refractivity contribution in [2.75, 3.05) is 48.1 Å². The zero-order valence-corrected chi connectivity index (χ0v) is 16.7. The summed E-state index contributed by atoms with van der Waals surface area (Å²) in [4.78, 5) is 4.19. The van der Waals surface area contributed by atoms with E-state index in [1.165, 1.54) is 0 Å². The third-order valence-corrected chi connectivity index (χ3v) is 3.22. The van der Waals surface area contributed by atoms with E-state index in [1.54, 1.807) is 28.4 Å². The van der Waals surface area contributed by atoms with Crippen LogP contribution in [0.3, 0.4) is 0 Å². The molecule has 0 fully saturated rings. The molecule has 0 radical (unpaired) electrons. The molecule has 0 heterocycles. The molecule has 0 aliphatic carbocycles. The first-order valence-electron chi connectivity index (χ1n) is 7.39. The molecule has 0 aliphatic rings. The molecule has 1 aromatic carbocycles. The minimum Gasteiger partial charge on any atom is -0.497 e. The first-order chi connectivity index (χ1) is 10.7. The van der Waals surface area contributed by atoms with Crippen LogP contribution in [0.4, 0.5) is 0 Å². The number of rotatable bonds is 9. The van der Waals surface area contributed by atoms with Crippen molar-refractivity contribution in [2.45, 2.75) is 12.8 Å². The maximum absolute atomic E-state index is 5.38. The Hall–Kier alpha value is -1.22. The van der Waals surface area contributed by atoms with Crippen LogP contribution in [0.5, 0.6) is 11.5 Å². The molecule has 0 bridgehead atoms. The predicted molar refractivity (Wildman–Crippen MR) is 105 cm³/mol. The van der Waals surface area contributed by atoms with Crippen molar-refractivity contribution in [1.82, 2.24) is 10.6 Å². The normalized spacial score (nSPS) is 10.7. The van der Waals surface area contributed by atoms with Crippen LogP contribution < -0.4 is 20.1 Å². The standard InChI is InChI=1S/C16H27N3O3.HI/c1-17-16(18-9-5-11-20-2)19-10-8-13-12-14(21-3)6-7-15(13)22-4;/h6-7,12H,5,8-11H2,1-4H3,(H2,17,18,19);1H. The molecule has 0 unspecified atom stereocenters. The van der Waals surface area contributed by atoms with Gasteiger partial charge in [-0.25, -0.2) is 0 Å². The molecular weight excluding hydrogens is 409 g/mol. The third kappa shape index (κ3) is 8.26. The van der Waals surface area contributed by atoms with Crippen molar-refractivity contribution in [3.8, 4) is 11.5 Å². The lowest BCUT2D eigenvalue weighted by Crippen LogP contribution is -2.39. The highest BCUT2D eigenvalue weighted by molar-refractivity contribution is 14.0. The number of ether oxygens (including phenoxy) is 3. The predicted octanol–water partition coefficient (Wildman–Crippen LogP) is 2.07. The number of hydrogen-bond donors (Lipinski definition) is 2. The van der Waals surface area contributed by atoms with Crippen molar-refractivity contribution in [3.05, 3.63) is 23.8 Å². The molecule has 1 aromatic rings. The first kappa shape index (κ1) is 21.8. The van der Waals surface area contributed by atoms with Crippen LogP contribution in [0.25, 0.3) is 0 Å². The molecule has 0 saturated heterocycles. The molecule has 0 aliphatic heterocycles. The lowest BCUT2D eigenvalue weighted by atomic mass is 10.1. The molecule has 2 N–H and O–H groups in total. The SMILES string of the molecule is CN=C(NCCCOC)NCCc1cc(OC)ccc1OC.I. The van der Waals surface area contributed by atoms with Gasteiger partial charge in [0.05, 0.1) is 14.2 Å². The second kappa shape index (κ2) is 13.2. The van der Waals surface area contributed by atoms with Gasteiger partial charge in [-0.1, -0.05) is 0 Å². The topological polar surface area (TPSA) is 64.1 Å². The molecule has 0 amide bonds. The van der Waals surface area contributed by atoms with E-state index in [-0.39, 0.29) is 24.0 Å². The van der Waals surface area contributed by atoms with Gasteiger partial charge in [-0.05, 0) is 36.6 Å². The summed E-state index contributed by atoms with van der Waals surface area (Å²) in [5, 5.41) is 6.53. The number of halogens is 1. The number of aliphatic imine (C=N–C) groups is 1. The van der Waals surface area contributed by atoms with Crippen LogP contribution in [0.2, 0.25) is 0 Å². The van der Waals surface area contributed by atoms with Gasteiger partial charge in [0, 0.05) is 33.9 Å². The van der Waals surface area contributed by atoms with Gasteiger partial charge in [0.15, 0.2) is 5.96 Å². The summed E-state index contributed by atoms with van der Waals surface area (Å²) in [6.07, 6.45) is 1.76. The van der Waals surface area contributed by atoms with Gasteiger partial charge < -0.3 is 24.8 Å². The van der Waals surface area contributed by atoms with Gasteiger partial charge in [0.1, 0.15) is 11.5 Å². The van der Waals surface area contributed by atoms with E-state index in [0.717, 1.165) is 55.6 Å². The zero-order chi connectivity index (χ0) is 16.2. The second-order valence-electron chi connectivity index (χ2n) is 4.70. The Balaban J connectivity index is 0.00000484. The minimum atomic E-state index is 0. The maximum atomic E-state index is 5.38. The lowest BCUT2D eigenvalue weighted by molar-refractivity contribution is 0.195. The van der Waals surface area contributed by atoms with Gasteiger partial charge in [-0.15, -0.1) is 24.0 Å². The number of guanidine groups is 1. The maximum Gasteiger partial charge on any atom is 0.190 e. The zero-order valence-electron chi connectivity index (χ0n) is 14.3. The number of hydrogen-bond acceptors (Lipinski definition) is 4. The van der Waals surface area contributed by atoms with Gasteiger partial charge in [-0.2, -0.15) is 0 Å². The smallest absolute Gasteiger partial charge is 0.190 e. The van der Waals surface area contributed by atoms with Crippen LogP contribution in [0.15, 0.2) is 23.2 Å². The van der Waals surface area contributed by atoms with E-state index < -0.39 is 0 Å². The van der Waals surface area contributed by atoms with Crippen molar-refractivity contribution >= 4 is 29.9 Å². The van der Waals surface area contributed by atoms with Gasteiger partial charge >= 0.3 is 0 Å². The molecule has 0 spiro atoms. The Labute approximate surface area is 156 Å². The van der Waals surface area contributed by atoms with E-state index >= 15 is 0 Å². The Morgan fingerprint density at radius 1 is 1.09 bits per heavy atom. The van der Waals surface area contributed by atoms with E-state index in [2.05, 4.69) is 15.6 Å². The summed E-state index contributed by atoms with van der Waals surface area (Å²) in [7, 11) is 6.80. The second-order valence-corrected chi connectivity index (χ2v) is 4.70. The third-order valence-electron chi connectivity index (χ3n) is 3.22. The fraction of sp³-hybridized carbons (Fsp3) is 0.562. The molecule has 7 heteroatoms. The Bertz CT molecular complexity index is 470. The number of benzene rings is 1. The van der Waals surface area contributed by atoms with E-state index in [9.17, 15) is 0 Å². The average molecular weight is 437 g/mol. The van der Waals surface area contributed by atoms with Crippen LogP contribution in [-0.2, 0) is 11.2 Å². The Morgan fingerprint density at radius 3 is 2.43 bits per heavy atom. The fourth-order valence-electron chi connectivity index (χ4n) is 2.04. The molecule has 0 atom stereocenters. The lowest BCUT2D eigenvalue weighted by Gasteiger charge is -2.13. The largest absolute Gasteiger partial charge is 0.497 e. The summed E-state index contributed by atoms with van der Waals surface area (Å²) in [5.41, 5.74) is 1.10. The fourth-order valence-corrected chi connectivity index (χ4v) is 2.04. The summed E-state index contributed by atoms with van der Waals surface area (Å²) >= 11 is 0. The average Bonchev–Trinajstić information content (AvgIpc) is 2.56. The van der Waals surface area contributed by atoms with Crippen LogP contribution >= 0.6 is 24.0 Å². The number of nitrogens with one attached hydrogen (secondary N) is 2. The molecule has 6 nitrogen and oxygen atoms in total. The van der Waals surface area contributed by atoms with Crippen molar-refractivity contribution in [2.24, 2.45) is 4.99 Å². The summed E-state index contributed by atoms with van der Waals surface area (Å²) in [5.74, 6) is 2.49. The minimum absolute atomic E-state index is 0. The molecular formula is C16H28IN3O3. The molecule has 23 heavy (non-hydrogen) atoms. The molecule has 0 saturated carbocycles. The van der Waals surface area contributed by atoms with E-state index in [0.29, 0.717) is 0 Å². The monoisotopic (exact) mass is 437 g/mol. The first-order valence-corrected chi connectivity index (χ1v) is 7.39. The number of nitrogens with zero attached hydrogens (tertiary/aromatic N) is 1. The van der Waals surface area contributed by atoms with Gasteiger partial charge in [-0.3, -0.25) is 4.99 Å². The van der Waals surface area contributed by atoms with Crippen LogP contribution in [0, 0.1) is 0 Å². The van der Waals surface area contributed by atoms with Crippen LogP contribution in [0.1, 0.15) is 12.0 Å². The molecule has 1 rings (SSSR count).